The summed E-state index contributed by atoms with van der Waals surface area (Å²) in [5, 5.41) is 18.0. The Kier molecular flexibility index (Phi) is 10.2. The summed E-state index contributed by atoms with van der Waals surface area (Å²) in [5.41, 5.74) is -0.305. The quantitative estimate of drug-likeness (QED) is 0.413. The van der Waals surface area contributed by atoms with E-state index < -0.39 is 12.1 Å². The van der Waals surface area contributed by atoms with Crippen LogP contribution in [0.15, 0.2) is 35.2 Å². The van der Waals surface area contributed by atoms with Gasteiger partial charge < -0.3 is 15.7 Å². The predicted octanol–water partition coefficient (Wildman–Crippen LogP) is 3.51. The van der Waals surface area contributed by atoms with E-state index in [1.54, 1.807) is 11.8 Å². The van der Waals surface area contributed by atoms with Gasteiger partial charge in [-0.2, -0.15) is 0 Å². The molecule has 8 heteroatoms. The van der Waals surface area contributed by atoms with Gasteiger partial charge in [-0.25, -0.2) is 0 Å². The molecular formula is C30H48N4O3S. The van der Waals surface area contributed by atoms with Gasteiger partial charge in [-0.15, -0.1) is 11.8 Å². The van der Waals surface area contributed by atoms with E-state index >= 15 is 0 Å². The van der Waals surface area contributed by atoms with E-state index in [1.165, 1.54) is 25.7 Å². The molecule has 6 atom stereocenters. The van der Waals surface area contributed by atoms with E-state index in [9.17, 15) is 14.7 Å². The second kappa shape index (κ2) is 13.2. The molecule has 4 rings (SSSR count). The number of hydrogen-bond acceptors (Lipinski definition) is 6. The number of piperidine rings is 1. The highest BCUT2D eigenvalue weighted by Crippen LogP contribution is 2.39. The van der Waals surface area contributed by atoms with Crippen LogP contribution in [0.1, 0.15) is 65.7 Å². The van der Waals surface area contributed by atoms with E-state index in [2.05, 4.69) is 32.6 Å². The van der Waals surface area contributed by atoms with E-state index in [0.29, 0.717) is 24.1 Å². The number of aliphatic hydroxyl groups excluding tert-OH is 1. The van der Waals surface area contributed by atoms with Gasteiger partial charge in [0.15, 0.2) is 0 Å². The number of rotatable bonds is 9. The molecule has 3 aliphatic rings. The number of nitrogens with one attached hydrogen (secondary N) is 2. The van der Waals surface area contributed by atoms with Crippen LogP contribution in [0.5, 0.6) is 0 Å². The van der Waals surface area contributed by atoms with Crippen molar-refractivity contribution in [1.82, 2.24) is 20.4 Å². The van der Waals surface area contributed by atoms with Crippen LogP contribution in [-0.4, -0.2) is 88.9 Å². The lowest BCUT2D eigenvalue weighted by molar-refractivity contribution is -0.133. The molecule has 1 aromatic carbocycles. The molecule has 7 nitrogen and oxygen atoms in total. The Morgan fingerprint density at radius 2 is 1.74 bits per heavy atom. The first kappa shape index (κ1) is 29.4. The molecule has 0 radical (unpaired) electrons. The molecule has 6 unspecified atom stereocenters. The second-order valence-electron chi connectivity index (χ2n) is 12.7. The molecule has 2 heterocycles. The molecule has 1 aliphatic carbocycles. The Bertz CT molecular complexity index is 924. The van der Waals surface area contributed by atoms with E-state index in [4.69, 9.17) is 0 Å². The van der Waals surface area contributed by atoms with Gasteiger partial charge in [0.1, 0.15) is 0 Å². The van der Waals surface area contributed by atoms with Crippen LogP contribution >= 0.6 is 11.8 Å². The number of carbonyl (C=O) groups is 2. The van der Waals surface area contributed by atoms with Crippen molar-refractivity contribution < 1.29 is 14.7 Å². The number of aliphatic hydroxyl groups is 1. The van der Waals surface area contributed by atoms with Crippen LogP contribution in [0.25, 0.3) is 0 Å². The summed E-state index contributed by atoms with van der Waals surface area (Å²) >= 11 is 1.65. The Labute approximate surface area is 233 Å². The SMILES string of the molecule is CN1CCCC1C(=O)NC(CSc1ccccc1)C(O)CN1CC2CCCCC2CC1C(=O)NC(C)(C)C. The average molecular weight is 545 g/mol. The minimum Gasteiger partial charge on any atom is -0.390 e. The molecule has 2 saturated heterocycles. The Hall–Kier alpha value is -1.61. The average Bonchev–Trinajstić information content (AvgIpc) is 3.31. The van der Waals surface area contributed by atoms with Gasteiger partial charge in [0, 0.05) is 29.3 Å². The summed E-state index contributed by atoms with van der Waals surface area (Å²) in [6.07, 6.45) is 6.83. The van der Waals surface area contributed by atoms with E-state index in [0.717, 1.165) is 37.2 Å². The first-order valence-electron chi connectivity index (χ1n) is 14.5. The van der Waals surface area contributed by atoms with Crippen molar-refractivity contribution in [2.45, 2.75) is 100 Å². The normalized spacial score (nSPS) is 28.3. The molecule has 212 valence electrons. The number of benzene rings is 1. The van der Waals surface area contributed by atoms with Crippen LogP contribution in [0.2, 0.25) is 0 Å². The monoisotopic (exact) mass is 544 g/mol. The highest BCUT2D eigenvalue weighted by atomic mass is 32.2. The molecule has 2 amide bonds. The van der Waals surface area contributed by atoms with Gasteiger partial charge >= 0.3 is 0 Å². The summed E-state index contributed by atoms with van der Waals surface area (Å²) < 4.78 is 0. The maximum absolute atomic E-state index is 13.4. The third kappa shape index (κ3) is 7.96. The van der Waals surface area contributed by atoms with Crippen molar-refractivity contribution in [3.8, 4) is 0 Å². The molecular weight excluding hydrogens is 496 g/mol. The smallest absolute Gasteiger partial charge is 0.237 e. The third-order valence-electron chi connectivity index (χ3n) is 8.51. The van der Waals surface area contributed by atoms with E-state index in [-0.39, 0.29) is 29.4 Å². The molecule has 2 aliphatic heterocycles. The minimum atomic E-state index is -0.771. The molecule has 3 fully saturated rings. The number of likely N-dealkylation sites (tertiary alicyclic amines) is 2. The van der Waals surface area contributed by atoms with Crippen molar-refractivity contribution in [3.63, 3.8) is 0 Å². The van der Waals surface area contributed by atoms with Gasteiger partial charge in [0.05, 0.1) is 24.2 Å². The number of hydrogen-bond donors (Lipinski definition) is 3. The summed E-state index contributed by atoms with van der Waals surface area (Å²) in [6, 6.07) is 9.32. The number of fused-ring (bicyclic) bond motifs is 1. The lowest BCUT2D eigenvalue weighted by Gasteiger charge is -2.47. The molecule has 1 saturated carbocycles. The van der Waals surface area contributed by atoms with Crippen LogP contribution in [0.4, 0.5) is 0 Å². The largest absolute Gasteiger partial charge is 0.390 e. The van der Waals surface area contributed by atoms with Crippen molar-refractivity contribution in [2.24, 2.45) is 11.8 Å². The number of β-amino-alcohol motifs (C(OH)–C–C–N with tert-alkyl or cyclic N) is 1. The second-order valence-corrected chi connectivity index (χ2v) is 13.8. The molecule has 38 heavy (non-hydrogen) atoms. The van der Waals surface area contributed by atoms with Gasteiger partial charge in [0.25, 0.3) is 0 Å². The van der Waals surface area contributed by atoms with Crippen molar-refractivity contribution in [1.29, 1.82) is 0 Å². The van der Waals surface area contributed by atoms with Gasteiger partial charge in [0.2, 0.25) is 11.8 Å². The summed E-state index contributed by atoms with van der Waals surface area (Å²) in [7, 11) is 1.99. The lowest BCUT2D eigenvalue weighted by atomic mass is 9.72. The van der Waals surface area contributed by atoms with Crippen LogP contribution in [-0.2, 0) is 9.59 Å². The zero-order valence-corrected chi connectivity index (χ0v) is 24.5. The molecule has 0 bridgehead atoms. The topological polar surface area (TPSA) is 84.9 Å². The molecule has 1 aromatic rings. The van der Waals surface area contributed by atoms with Crippen molar-refractivity contribution in [3.05, 3.63) is 30.3 Å². The zero-order chi connectivity index (χ0) is 27.3. The first-order valence-corrected chi connectivity index (χ1v) is 15.5. The molecule has 0 spiro atoms. The van der Waals surface area contributed by atoms with Gasteiger partial charge in [-0.3, -0.25) is 19.4 Å². The van der Waals surface area contributed by atoms with Crippen LogP contribution in [0.3, 0.4) is 0 Å². The Morgan fingerprint density at radius 1 is 1.03 bits per heavy atom. The maximum Gasteiger partial charge on any atom is 0.237 e. The van der Waals surface area contributed by atoms with Crippen molar-refractivity contribution in [2.75, 3.05) is 32.4 Å². The summed E-state index contributed by atoms with van der Waals surface area (Å²) in [6.45, 7) is 8.19. The van der Waals surface area contributed by atoms with Crippen LogP contribution in [0, 0.1) is 11.8 Å². The fourth-order valence-electron chi connectivity index (χ4n) is 6.47. The predicted molar refractivity (Wildman–Crippen MR) is 154 cm³/mol. The fourth-order valence-corrected chi connectivity index (χ4v) is 7.49. The standard InChI is InChI=1S/C30H48N4O3S/c1-30(2,3)32-29(37)26-17-21-11-8-9-12-22(21)18-34(26)19-27(35)24(20-38-23-13-6-5-7-14-23)31-28(36)25-15-10-16-33(25)4/h5-7,13-14,21-22,24-27,35H,8-12,15-20H2,1-4H3,(H,31,36)(H,32,37). The fraction of sp³-hybridized carbons (Fsp3) is 0.733. The summed E-state index contributed by atoms with van der Waals surface area (Å²) in [4.78, 5) is 32.1. The number of nitrogens with zero attached hydrogens (tertiary/aromatic N) is 2. The van der Waals surface area contributed by atoms with Gasteiger partial charge in [-0.05, 0) is 84.0 Å². The number of likely N-dealkylation sites (N-methyl/N-ethyl adjacent to an activating group) is 1. The molecule has 0 aromatic heterocycles. The Balaban J connectivity index is 1.48. The lowest BCUT2D eigenvalue weighted by Crippen LogP contribution is -2.60. The third-order valence-corrected chi connectivity index (χ3v) is 9.64. The summed E-state index contributed by atoms with van der Waals surface area (Å²) in [5.74, 6) is 1.78. The highest BCUT2D eigenvalue weighted by molar-refractivity contribution is 7.99. The Morgan fingerprint density at radius 3 is 2.39 bits per heavy atom. The number of thioether (sulfide) groups is 1. The molecule has 3 N–H and O–H groups in total. The zero-order valence-electron chi connectivity index (χ0n) is 23.7. The highest BCUT2D eigenvalue weighted by Gasteiger charge is 2.42. The first-order chi connectivity index (χ1) is 18.1. The van der Waals surface area contributed by atoms with Gasteiger partial charge in [-0.1, -0.05) is 37.5 Å². The van der Waals surface area contributed by atoms with Crippen molar-refractivity contribution >= 4 is 23.6 Å². The maximum atomic E-state index is 13.4. The number of carbonyl (C=O) groups excluding carboxylic acids is 2. The van der Waals surface area contributed by atoms with Crippen LogP contribution < -0.4 is 10.6 Å². The number of amides is 2. The van der Waals surface area contributed by atoms with E-state index in [1.807, 2.05) is 46.0 Å². The minimum absolute atomic E-state index is 0.00396.